The summed E-state index contributed by atoms with van der Waals surface area (Å²) in [5, 5.41) is 5.79. The first-order valence-electron chi connectivity index (χ1n) is 7.59. The fourth-order valence-corrected chi connectivity index (χ4v) is 2.68. The number of fused-ring (bicyclic) bond motifs is 1. The molecule has 0 radical (unpaired) electrons. The van der Waals surface area contributed by atoms with E-state index in [0.717, 1.165) is 5.56 Å². The van der Waals surface area contributed by atoms with Gasteiger partial charge in [0.05, 0.1) is 18.5 Å². The van der Waals surface area contributed by atoms with Gasteiger partial charge in [-0.25, -0.2) is 0 Å². The van der Waals surface area contributed by atoms with E-state index in [4.69, 9.17) is 21.1 Å². The fourth-order valence-electron chi connectivity index (χ4n) is 2.51. The molecule has 25 heavy (non-hydrogen) atoms. The van der Waals surface area contributed by atoms with Crippen LogP contribution in [0.15, 0.2) is 36.4 Å². The highest BCUT2D eigenvalue weighted by Crippen LogP contribution is 2.35. The van der Waals surface area contributed by atoms with Gasteiger partial charge in [-0.15, -0.1) is 0 Å². The van der Waals surface area contributed by atoms with Crippen LogP contribution in [0.1, 0.15) is 12.5 Å². The Morgan fingerprint density at radius 3 is 2.76 bits per heavy atom. The molecule has 6 nitrogen and oxygen atoms in total. The summed E-state index contributed by atoms with van der Waals surface area (Å²) in [4.78, 5) is 25.2. The second-order valence-electron chi connectivity index (χ2n) is 5.89. The molecule has 0 bridgehead atoms. The molecule has 2 N–H and O–H groups in total. The molecule has 2 aromatic rings. The third-order valence-corrected chi connectivity index (χ3v) is 4.21. The summed E-state index contributed by atoms with van der Waals surface area (Å²) in [6.45, 7) is 3.32. The van der Waals surface area contributed by atoms with Gasteiger partial charge in [-0.3, -0.25) is 9.59 Å². The summed E-state index contributed by atoms with van der Waals surface area (Å²) in [5.74, 6) is -0.324. The largest absolute Gasteiger partial charge is 0.495 e. The molecule has 0 spiro atoms. The van der Waals surface area contributed by atoms with Crippen molar-refractivity contribution in [3.63, 3.8) is 0 Å². The van der Waals surface area contributed by atoms with Crippen LogP contribution in [0.4, 0.5) is 11.4 Å². The number of methoxy groups -OCH3 is 1. The van der Waals surface area contributed by atoms with E-state index in [0.29, 0.717) is 27.9 Å². The SMILES string of the molecule is COc1ccc(Cl)cc1NC(=O)C1(C)Oc2ccc(C)cc2NC1=O. The molecule has 0 fully saturated rings. The number of benzene rings is 2. The molecule has 1 heterocycles. The smallest absolute Gasteiger partial charge is 0.278 e. The van der Waals surface area contributed by atoms with Crippen molar-refractivity contribution in [1.29, 1.82) is 0 Å². The van der Waals surface area contributed by atoms with Crippen molar-refractivity contribution in [1.82, 2.24) is 0 Å². The molecule has 2 aromatic carbocycles. The van der Waals surface area contributed by atoms with Gasteiger partial charge in [0.25, 0.3) is 17.4 Å². The van der Waals surface area contributed by atoms with E-state index < -0.39 is 17.4 Å². The van der Waals surface area contributed by atoms with Gasteiger partial charge in [-0.05, 0) is 49.7 Å². The van der Waals surface area contributed by atoms with Gasteiger partial charge in [0.1, 0.15) is 11.5 Å². The van der Waals surface area contributed by atoms with Crippen molar-refractivity contribution in [2.75, 3.05) is 17.7 Å². The van der Waals surface area contributed by atoms with E-state index >= 15 is 0 Å². The van der Waals surface area contributed by atoms with Crippen molar-refractivity contribution in [2.24, 2.45) is 0 Å². The lowest BCUT2D eigenvalue weighted by atomic mass is 10.0. The van der Waals surface area contributed by atoms with Crippen LogP contribution in [0.2, 0.25) is 5.02 Å². The maximum Gasteiger partial charge on any atom is 0.278 e. The Kier molecular flexibility index (Phi) is 4.30. The topological polar surface area (TPSA) is 76.7 Å². The zero-order valence-electron chi connectivity index (χ0n) is 14.0. The summed E-state index contributed by atoms with van der Waals surface area (Å²) in [6, 6.07) is 10.1. The number of hydrogen-bond donors (Lipinski definition) is 2. The van der Waals surface area contributed by atoms with Crippen LogP contribution in [0.25, 0.3) is 0 Å². The number of hydrogen-bond acceptors (Lipinski definition) is 4. The van der Waals surface area contributed by atoms with E-state index in [-0.39, 0.29) is 0 Å². The molecule has 2 amide bonds. The number of ether oxygens (including phenoxy) is 2. The summed E-state index contributed by atoms with van der Waals surface area (Å²) in [7, 11) is 1.48. The van der Waals surface area contributed by atoms with Gasteiger partial charge in [0, 0.05) is 5.02 Å². The molecular formula is C18H17ClN2O4. The molecule has 0 aromatic heterocycles. The predicted octanol–water partition coefficient (Wildman–Crippen LogP) is 3.39. The summed E-state index contributed by atoms with van der Waals surface area (Å²) < 4.78 is 10.9. The van der Waals surface area contributed by atoms with Crippen LogP contribution >= 0.6 is 11.6 Å². The third kappa shape index (κ3) is 3.13. The summed E-state index contributed by atoms with van der Waals surface area (Å²) >= 11 is 5.97. The monoisotopic (exact) mass is 360 g/mol. The molecule has 0 saturated heterocycles. The number of nitrogens with one attached hydrogen (secondary N) is 2. The normalized spacial score (nSPS) is 18.6. The molecule has 7 heteroatoms. The average molecular weight is 361 g/mol. The van der Waals surface area contributed by atoms with E-state index in [1.54, 1.807) is 30.3 Å². The Labute approximate surface area is 150 Å². The first-order chi connectivity index (χ1) is 11.8. The van der Waals surface area contributed by atoms with Gasteiger partial charge in [0.2, 0.25) is 0 Å². The molecule has 1 aliphatic rings. The molecule has 1 aliphatic heterocycles. The molecule has 1 unspecified atom stereocenters. The number of anilines is 2. The number of carbonyl (C=O) groups is 2. The van der Waals surface area contributed by atoms with Gasteiger partial charge < -0.3 is 20.1 Å². The van der Waals surface area contributed by atoms with E-state index in [9.17, 15) is 9.59 Å². The maximum absolute atomic E-state index is 12.8. The van der Waals surface area contributed by atoms with Crippen molar-refractivity contribution in [3.8, 4) is 11.5 Å². The maximum atomic E-state index is 12.8. The van der Waals surface area contributed by atoms with Crippen LogP contribution in [0, 0.1) is 6.92 Å². The minimum absolute atomic E-state index is 0.354. The van der Waals surface area contributed by atoms with Crippen molar-refractivity contribution >= 4 is 34.8 Å². The summed E-state index contributed by atoms with van der Waals surface area (Å²) in [5.41, 5.74) is 0.137. The van der Waals surface area contributed by atoms with Crippen LogP contribution < -0.4 is 20.1 Å². The van der Waals surface area contributed by atoms with Crippen molar-refractivity contribution < 1.29 is 19.1 Å². The van der Waals surface area contributed by atoms with Crippen LogP contribution in [-0.4, -0.2) is 24.5 Å². The number of rotatable bonds is 3. The highest BCUT2D eigenvalue weighted by atomic mass is 35.5. The number of aryl methyl sites for hydroxylation is 1. The Morgan fingerprint density at radius 2 is 2.04 bits per heavy atom. The quantitative estimate of drug-likeness (QED) is 0.823. The van der Waals surface area contributed by atoms with Gasteiger partial charge in [-0.2, -0.15) is 0 Å². The molecule has 1 atom stereocenters. The van der Waals surface area contributed by atoms with E-state index in [1.807, 2.05) is 13.0 Å². The Morgan fingerprint density at radius 1 is 1.28 bits per heavy atom. The Balaban J connectivity index is 1.90. The lowest BCUT2D eigenvalue weighted by Crippen LogP contribution is -2.56. The van der Waals surface area contributed by atoms with Gasteiger partial charge in [0.15, 0.2) is 0 Å². The van der Waals surface area contributed by atoms with Crippen molar-refractivity contribution in [3.05, 3.63) is 47.0 Å². The number of amides is 2. The van der Waals surface area contributed by atoms with Crippen LogP contribution in [0.3, 0.4) is 0 Å². The molecule has 130 valence electrons. The Bertz CT molecular complexity index is 868. The number of halogens is 1. The molecule has 0 aliphatic carbocycles. The van der Waals surface area contributed by atoms with Crippen molar-refractivity contribution in [2.45, 2.75) is 19.4 Å². The third-order valence-electron chi connectivity index (χ3n) is 3.97. The molecule has 0 saturated carbocycles. The minimum Gasteiger partial charge on any atom is -0.495 e. The second-order valence-corrected chi connectivity index (χ2v) is 6.32. The first kappa shape index (κ1) is 17.1. The van der Waals surface area contributed by atoms with Crippen LogP contribution in [-0.2, 0) is 9.59 Å². The van der Waals surface area contributed by atoms with Crippen LogP contribution in [0.5, 0.6) is 11.5 Å². The molecule has 3 rings (SSSR count). The highest BCUT2D eigenvalue weighted by molar-refractivity contribution is 6.31. The standard InChI is InChI=1S/C18H17ClN2O4/c1-10-4-6-15-12(8-10)20-16(22)18(2,25-15)17(23)21-13-9-11(19)5-7-14(13)24-3/h4-9H,1-3H3,(H,20,22)(H,21,23). The zero-order chi connectivity index (χ0) is 18.2. The highest BCUT2D eigenvalue weighted by Gasteiger charge is 2.47. The minimum atomic E-state index is -1.73. The summed E-state index contributed by atoms with van der Waals surface area (Å²) in [6.07, 6.45) is 0. The number of carbonyl (C=O) groups excluding carboxylic acids is 2. The first-order valence-corrected chi connectivity index (χ1v) is 7.97. The average Bonchev–Trinajstić information content (AvgIpc) is 2.56. The predicted molar refractivity (Wildman–Crippen MR) is 95.5 cm³/mol. The lowest BCUT2D eigenvalue weighted by Gasteiger charge is -2.33. The van der Waals surface area contributed by atoms with E-state index in [2.05, 4.69) is 10.6 Å². The Hall–Kier alpha value is -2.73. The fraction of sp³-hybridized carbons (Fsp3) is 0.222. The molecular weight excluding hydrogens is 344 g/mol. The zero-order valence-corrected chi connectivity index (χ0v) is 14.7. The van der Waals surface area contributed by atoms with E-state index in [1.165, 1.54) is 14.0 Å². The lowest BCUT2D eigenvalue weighted by molar-refractivity contribution is -0.143. The van der Waals surface area contributed by atoms with Gasteiger partial charge >= 0.3 is 0 Å². The van der Waals surface area contributed by atoms with Gasteiger partial charge in [-0.1, -0.05) is 17.7 Å². The second kappa shape index (κ2) is 6.29.